The average molecular weight is 490 g/mol. The van der Waals surface area contributed by atoms with Crippen molar-refractivity contribution in [3.05, 3.63) is 51.6 Å². The highest BCUT2D eigenvalue weighted by Crippen LogP contribution is 2.43. The summed E-state index contributed by atoms with van der Waals surface area (Å²) in [5, 5.41) is 9.98. The molecule has 2 aromatic rings. The number of rotatable bonds is 7. The summed E-state index contributed by atoms with van der Waals surface area (Å²) in [5.41, 5.74) is 1.88. The summed E-state index contributed by atoms with van der Waals surface area (Å²) in [7, 11) is 0. The van der Waals surface area contributed by atoms with Crippen LogP contribution < -0.4 is 0 Å². The number of aliphatic hydroxyl groups is 1. The zero-order valence-corrected chi connectivity index (χ0v) is 20.7. The first-order valence-corrected chi connectivity index (χ1v) is 12.8. The Morgan fingerprint density at radius 2 is 2.06 bits per heavy atom. The predicted molar refractivity (Wildman–Crippen MR) is 136 cm³/mol. The molecule has 2 aliphatic rings. The van der Waals surface area contributed by atoms with Gasteiger partial charge in [-0.05, 0) is 73.4 Å². The fourth-order valence-electron chi connectivity index (χ4n) is 4.72. The standard InChI is InChI=1S/C25H28ClNO3S2/c1-3-16-11-15(2)20(12-16)27-24(29)23(32-25(27)31)14-22-18(5-4-10-28)13-21(30-22)17-6-8-19(26)9-7-17/h6-9,13-16,20,28H,3-5,10-12H2,1-2H3/b23-14-. The molecule has 32 heavy (non-hydrogen) atoms. The Bertz CT molecular complexity index is 1030. The molecule has 7 heteroatoms. The smallest absolute Gasteiger partial charge is 0.266 e. The summed E-state index contributed by atoms with van der Waals surface area (Å²) in [6.07, 6.45) is 6.41. The number of halogens is 1. The van der Waals surface area contributed by atoms with Crippen LogP contribution in [0.1, 0.15) is 50.9 Å². The molecular weight excluding hydrogens is 462 g/mol. The summed E-state index contributed by atoms with van der Waals surface area (Å²) >= 11 is 13.0. The first-order valence-electron chi connectivity index (χ1n) is 11.2. The van der Waals surface area contributed by atoms with Crippen molar-refractivity contribution in [2.75, 3.05) is 6.61 Å². The van der Waals surface area contributed by atoms with Crippen molar-refractivity contribution in [3.8, 4) is 11.3 Å². The van der Waals surface area contributed by atoms with Gasteiger partial charge in [0.05, 0.1) is 4.91 Å². The number of hydrogen-bond donors (Lipinski definition) is 1. The molecule has 0 spiro atoms. The SMILES string of the molecule is CCC1CC(C)C(N2C(=O)/C(=C/c3oc(-c4ccc(Cl)cc4)cc3CCCO)SC2=S)C1. The fraction of sp³-hybridized carbons (Fsp3) is 0.440. The number of furan rings is 1. The maximum atomic E-state index is 13.3. The van der Waals surface area contributed by atoms with Crippen LogP contribution in [0.15, 0.2) is 39.7 Å². The molecule has 2 heterocycles. The number of aliphatic hydroxyl groups excluding tert-OH is 1. The summed E-state index contributed by atoms with van der Waals surface area (Å²) in [6.45, 7) is 4.54. The lowest BCUT2D eigenvalue weighted by molar-refractivity contribution is -0.124. The van der Waals surface area contributed by atoms with E-state index in [9.17, 15) is 9.90 Å². The number of nitrogens with zero attached hydrogens (tertiary/aromatic N) is 1. The van der Waals surface area contributed by atoms with E-state index >= 15 is 0 Å². The van der Waals surface area contributed by atoms with Gasteiger partial charge < -0.3 is 9.52 Å². The van der Waals surface area contributed by atoms with Crippen molar-refractivity contribution in [2.24, 2.45) is 11.8 Å². The van der Waals surface area contributed by atoms with Gasteiger partial charge in [0.2, 0.25) is 0 Å². The largest absolute Gasteiger partial charge is 0.456 e. The molecular formula is C25H28ClNO3S2. The lowest BCUT2D eigenvalue weighted by Crippen LogP contribution is -2.40. The predicted octanol–water partition coefficient (Wildman–Crippen LogP) is 6.55. The van der Waals surface area contributed by atoms with Crippen molar-refractivity contribution in [2.45, 2.75) is 52.0 Å². The van der Waals surface area contributed by atoms with Crippen molar-refractivity contribution in [3.63, 3.8) is 0 Å². The minimum Gasteiger partial charge on any atom is -0.456 e. The van der Waals surface area contributed by atoms with E-state index in [1.54, 1.807) is 0 Å². The number of carbonyl (C=O) groups is 1. The number of benzene rings is 1. The van der Waals surface area contributed by atoms with Crippen LogP contribution in [0.25, 0.3) is 17.4 Å². The number of carbonyl (C=O) groups excluding carboxylic acids is 1. The fourth-order valence-corrected chi connectivity index (χ4v) is 6.19. The summed E-state index contributed by atoms with van der Waals surface area (Å²) in [5.74, 6) is 2.44. The van der Waals surface area contributed by atoms with Crippen molar-refractivity contribution in [1.29, 1.82) is 0 Å². The molecule has 1 saturated heterocycles. The van der Waals surface area contributed by atoms with Gasteiger partial charge in [-0.25, -0.2) is 0 Å². The Kier molecular flexibility index (Phi) is 7.45. The number of hydrogen-bond acceptors (Lipinski definition) is 5. The van der Waals surface area contributed by atoms with E-state index in [1.807, 2.05) is 41.3 Å². The van der Waals surface area contributed by atoms with Gasteiger partial charge in [0.1, 0.15) is 15.8 Å². The molecule has 4 nitrogen and oxygen atoms in total. The van der Waals surface area contributed by atoms with E-state index in [1.165, 1.54) is 11.8 Å². The van der Waals surface area contributed by atoms with E-state index in [4.69, 9.17) is 28.2 Å². The zero-order chi connectivity index (χ0) is 22.8. The van der Waals surface area contributed by atoms with Crippen LogP contribution in [0.2, 0.25) is 5.02 Å². The number of thioether (sulfide) groups is 1. The van der Waals surface area contributed by atoms with E-state index in [0.29, 0.717) is 50.4 Å². The second-order valence-corrected chi connectivity index (χ2v) is 10.8. The molecule has 1 N–H and O–H groups in total. The number of amides is 1. The van der Waals surface area contributed by atoms with E-state index < -0.39 is 0 Å². The highest BCUT2D eigenvalue weighted by molar-refractivity contribution is 8.26. The second kappa shape index (κ2) is 10.1. The molecule has 1 aliphatic carbocycles. The van der Waals surface area contributed by atoms with Crippen LogP contribution in [0.5, 0.6) is 0 Å². The molecule has 0 radical (unpaired) electrons. The zero-order valence-electron chi connectivity index (χ0n) is 18.3. The van der Waals surface area contributed by atoms with E-state index in [2.05, 4.69) is 13.8 Å². The van der Waals surface area contributed by atoms with E-state index in [-0.39, 0.29) is 18.6 Å². The quantitative estimate of drug-likeness (QED) is 0.353. The molecule has 2 fully saturated rings. The Morgan fingerprint density at radius 3 is 2.72 bits per heavy atom. The Labute approximate surface area is 204 Å². The maximum absolute atomic E-state index is 13.3. The molecule has 3 unspecified atom stereocenters. The van der Waals surface area contributed by atoms with Crippen LogP contribution >= 0.6 is 35.6 Å². The van der Waals surface area contributed by atoms with Crippen molar-refractivity contribution in [1.82, 2.24) is 4.90 Å². The van der Waals surface area contributed by atoms with Gasteiger partial charge in [0.25, 0.3) is 5.91 Å². The van der Waals surface area contributed by atoms with Crippen molar-refractivity contribution < 1.29 is 14.3 Å². The van der Waals surface area contributed by atoms with Gasteiger partial charge >= 0.3 is 0 Å². The first kappa shape index (κ1) is 23.6. The third kappa shape index (κ3) is 4.84. The average Bonchev–Trinajstić information content (AvgIpc) is 3.43. The lowest BCUT2D eigenvalue weighted by atomic mass is 10.0. The monoisotopic (exact) mass is 489 g/mol. The number of thiocarbonyl (C=S) groups is 1. The first-order chi connectivity index (χ1) is 15.4. The Hall–Kier alpha value is -1.60. The number of aryl methyl sites for hydroxylation is 1. The lowest BCUT2D eigenvalue weighted by Gasteiger charge is -2.26. The van der Waals surface area contributed by atoms with Crippen LogP contribution in [-0.2, 0) is 11.2 Å². The third-order valence-corrected chi connectivity index (χ3v) is 8.09. The molecule has 4 rings (SSSR count). The summed E-state index contributed by atoms with van der Waals surface area (Å²) in [6, 6.07) is 9.62. The molecule has 170 valence electrons. The third-order valence-electron chi connectivity index (χ3n) is 6.51. The Balaban J connectivity index is 1.63. The van der Waals surface area contributed by atoms with Crippen LogP contribution in [0.3, 0.4) is 0 Å². The minimum absolute atomic E-state index is 0.0221. The van der Waals surface area contributed by atoms with Crippen molar-refractivity contribution >= 4 is 51.9 Å². The van der Waals surface area contributed by atoms with Gasteiger partial charge in [-0.15, -0.1) is 0 Å². The molecule has 1 aromatic carbocycles. The normalized spacial score (nSPS) is 24.8. The summed E-state index contributed by atoms with van der Waals surface area (Å²) in [4.78, 5) is 15.8. The molecule has 0 bridgehead atoms. The van der Waals surface area contributed by atoms with Crippen LogP contribution in [-0.4, -0.2) is 32.9 Å². The Morgan fingerprint density at radius 1 is 1.31 bits per heavy atom. The molecule has 1 amide bonds. The van der Waals surface area contributed by atoms with Gasteiger partial charge in [-0.1, -0.05) is 55.8 Å². The maximum Gasteiger partial charge on any atom is 0.266 e. The van der Waals surface area contributed by atoms with E-state index in [0.717, 1.165) is 30.4 Å². The molecule has 1 aliphatic heterocycles. The molecule has 1 aromatic heterocycles. The summed E-state index contributed by atoms with van der Waals surface area (Å²) < 4.78 is 6.81. The van der Waals surface area contributed by atoms with Crippen LogP contribution in [0.4, 0.5) is 0 Å². The highest BCUT2D eigenvalue weighted by atomic mass is 35.5. The molecule has 1 saturated carbocycles. The highest BCUT2D eigenvalue weighted by Gasteiger charge is 2.43. The van der Waals surface area contributed by atoms with Crippen LogP contribution in [0, 0.1) is 11.8 Å². The van der Waals surface area contributed by atoms with Gasteiger partial charge in [-0.3, -0.25) is 9.69 Å². The minimum atomic E-state index is -0.0221. The second-order valence-electron chi connectivity index (χ2n) is 8.68. The topological polar surface area (TPSA) is 53.7 Å². The molecule has 3 atom stereocenters. The van der Waals surface area contributed by atoms with Gasteiger partial charge in [-0.2, -0.15) is 0 Å². The van der Waals surface area contributed by atoms with Gasteiger partial charge in [0.15, 0.2) is 0 Å². The van der Waals surface area contributed by atoms with Gasteiger partial charge in [0, 0.05) is 29.3 Å².